The number of aromatic nitrogens is 1. The van der Waals surface area contributed by atoms with Gasteiger partial charge in [0, 0.05) is 12.7 Å². The van der Waals surface area contributed by atoms with Crippen LogP contribution in [0.2, 0.25) is 0 Å². The van der Waals surface area contributed by atoms with Crippen LogP contribution in [-0.4, -0.2) is 31.2 Å². The maximum atomic E-state index is 12.0. The highest BCUT2D eigenvalue weighted by Gasteiger charge is 2.22. The van der Waals surface area contributed by atoms with Gasteiger partial charge in [-0.3, -0.25) is 0 Å². The van der Waals surface area contributed by atoms with Gasteiger partial charge in [0.25, 0.3) is 0 Å². The summed E-state index contributed by atoms with van der Waals surface area (Å²) in [5, 5.41) is 9.56. The Labute approximate surface area is 113 Å². The molecule has 1 aromatic rings. The minimum Gasteiger partial charge on any atom is -0.393 e. The number of pyridine rings is 1. The molecule has 4 N–H and O–H groups in total. The summed E-state index contributed by atoms with van der Waals surface area (Å²) in [6, 6.07) is 2.89. The summed E-state index contributed by atoms with van der Waals surface area (Å²) in [4.78, 5) is 3.88. The number of nitrogens with zero attached hydrogens (tertiary/aromatic N) is 1. The van der Waals surface area contributed by atoms with Crippen molar-refractivity contribution in [3.8, 4) is 0 Å². The Kier molecular flexibility index (Phi) is 4.38. The summed E-state index contributed by atoms with van der Waals surface area (Å²) >= 11 is 0. The average molecular weight is 285 g/mol. The predicted octanol–water partition coefficient (Wildman–Crippen LogP) is 0.493. The standard InChI is InChI=1S/C12H19N3O3S/c13-12-5-4-11(8-14-12)19(17,18)15-7-9-2-1-3-10(16)6-9/h4-5,8-10,15-16H,1-3,6-7H2,(H2,13,14). The van der Waals surface area contributed by atoms with Gasteiger partial charge in [-0.05, 0) is 37.3 Å². The molecule has 106 valence electrons. The van der Waals surface area contributed by atoms with E-state index in [2.05, 4.69) is 9.71 Å². The van der Waals surface area contributed by atoms with E-state index in [1.54, 1.807) is 0 Å². The normalized spacial score (nSPS) is 24.3. The van der Waals surface area contributed by atoms with Crippen molar-refractivity contribution in [3.63, 3.8) is 0 Å². The summed E-state index contributed by atoms with van der Waals surface area (Å²) in [6.45, 7) is 0.351. The van der Waals surface area contributed by atoms with Crippen LogP contribution in [0.5, 0.6) is 0 Å². The first kappa shape index (κ1) is 14.2. The monoisotopic (exact) mass is 285 g/mol. The maximum Gasteiger partial charge on any atom is 0.242 e. The number of nitrogen functional groups attached to an aromatic ring is 1. The van der Waals surface area contributed by atoms with E-state index in [1.165, 1.54) is 18.3 Å². The van der Waals surface area contributed by atoms with Gasteiger partial charge in [-0.15, -0.1) is 0 Å². The molecule has 0 saturated heterocycles. The zero-order chi connectivity index (χ0) is 13.9. The molecule has 1 aliphatic rings. The lowest BCUT2D eigenvalue weighted by atomic mass is 9.87. The van der Waals surface area contributed by atoms with Crippen LogP contribution in [0.25, 0.3) is 0 Å². The summed E-state index contributed by atoms with van der Waals surface area (Å²) in [7, 11) is -3.54. The van der Waals surface area contributed by atoms with Crippen molar-refractivity contribution in [3.05, 3.63) is 18.3 Å². The Bertz CT molecular complexity index is 516. The second-order valence-corrected chi connectivity index (χ2v) is 6.72. The number of nitrogens with one attached hydrogen (secondary N) is 1. The Balaban J connectivity index is 1.96. The van der Waals surface area contributed by atoms with Crippen LogP contribution < -0.4 is 10.5 Å². The molecular weight excluding hydrogens is 266 g/mol. The number of sulfonamides is 1. The molecule has 2 unspecified atom stereocenters. The number of anilines is 1. The van der Waals surface area contributed by atoms with Crippen molar-refractivity contribution in [2.24, 2.45) is 5.92 Å². The number of nitrogens with two attached hydrogens (primary N) is 1. The van der Waals surface area contributed by atoms with E-state index in [4.69, 9.17) is 5.73 Å². The third-order valence-electron chi connectivity index (χ3n) is 3.39. The van der Waals surface area contributed by atoms with Gasteiger partial charge in [0.1, 0.15) is 10.7 Å². The molecule has 1 saturated carbocycles. The van der Waals surface area contributed by atoms with Crippen LogP contribution >= 0.6 is 0 Å². The first-order valence-corrected chi connectivity index (χ1v) is 7.85. The Morgan fingerprint density at radius 1 is 1.42 bits per heavy atom. The van der Waals surface area contributed by atoms with E-state index in [-0.39, 0.29) is 22.7 Å². The van der Waals surface area contributed by atoms with Crippen molar-refractivity contribution in [1.82, 2.24) is 9.71 Å². The van der Waals surface area contributed by atoms with E-state index in [1.807, 2.05) is 0 Å². The third-order valence-corrected chi connectivity index (χ3v) is 4.80. The molecule has 1 fully saturated rings. The molecule has 2 atom stereocenters. The summed E-state index contributed by atoms with van der Waals surface area (Å²) in [5.74, 6) is 0.481. The highest BCUT2D eigenvalue weighted by molar-refractivity contribution is 7.89. The SMILES string of the molecule is Nc1ccc(S(=O)(=O)NCC2CCCC(O)C2)cn1. The molecule has 1 heterocycles. The zero-order valence-corrected chi connectivity index (χ0v) is 11.4. The van der Waals surface area contributed by atoms with Gasteiger partial charge in [0.15, 0.2) is 0 Å². The third kappa shape index (κ3) is 3.89. The van der Waals surface area contributed by atoms with Gasteiger partial charge in [-0.1, -0.05) is 6.42 Å². The van der Waals surface area contributed by atoms with Gasteiger partial charge in [-0.25, -0.2) is 18.1 Å². The average Bonchev–Trinajstić information content (AvgIpc) is 2.37. The number of hydrogen-bond donors (Lipinski definition) is 3. The molecule has 0 aromatic carbocycles. The van der Waals surface area contributed by atoms with Crippen molar-refractivity contribution in [2.75, 3.05) is 12.3 Å². The fraction of sp³-hybridized carbons (Fsp3) is 0.583. The molecule has 0 bridgehead atoms. The van der Waals surface area contributed by atoms with Crippen LogP contribution in [0.15, 0.2) is 23.2 Å². The molecular formula is C12H19N3O3S. The van der Waals surface area contributed by atoms with Crippen molar-refractivity contribution in [2.45, 2.75) is 36.7 Å². The van der Waals surface area contributed by atoms with Crippen LogP contribution in [0.4, 0.5) is 5.82 Å². The first-order valence-electron chi connectivity index (χ1n) is 6.36. The second-order valence-electron chi connectivity index (χ2n) is 4.96. The van der Waals surface area contributed by atoms with Crippen molar-refractivity contribution >= 4 is 15.8 Å². The Morgan fingerprint density at radius 3 is 2.84 bits per heavy atom. The Hall–Kier alpha value is -1.18. The van der Waals surface area contributed by atoms with E-state index >= 15 is 0 Å². The van der Waals surface area contributed by atoms with Crippen LogP contribution in [0.1, 0.15) is 25.7 Å². The number of aliphatic hydroxyl groups is 1. The Morgan fingerprint density at radius 2 is 2.21 bits per heavy atom. The number of aliphatic hydroxyl groups excluding tert-OH is 1. The lowest BCUT2D eigenvalue weighted by Gasteiger charge is -2.25. The number of hydrogen-bond acceptors (Lipinski definition) is 5. The smallest absolute Gasteiger partial charge is 0.242 e. The summed E-state index contributed by atoms with van der Waals surface area (Å²) in [6.07, 6.45) is 4.29. The van der Waals surface area contributed by atoms with Crippen LogP contribution in [0.3, 0.4) is 0 Å². The lowest BCUT2D eigenvalue weighted by molar-refractivity contribution is 0.102. The zero-order valence-electron chi connectivity index (χ0n) is 10.6. The molecule has 6 nitrogen and oxygen atoms in total. The van der Waals surface area contributed by atoms with Gasteiger partial charge in [-0.2, -0.15) is 0 Å². The molecule has 1 aromatic heterocycles. The fourth-order valence-corrected chi connectivity index (χ4v) is 3.37. The van der Waals surface area contributed by atoms with E-state index in [0.29, 0.717) is 13.0 Å². The van der Waals surface area contributed by atoms with E-state index in [9.17, 15) is 13.5 Å². The summed E-state index contributed by atoms with van der Waals surface area (Å²) in [5.41, 5.74) is 5.42. The molecule has 0 aliphatic heterocycles. The highest BCUT2D eigenvalue weighted by atomic mass is 32.2. The fourth-order valence-electron chi connectivity index (χ4n) is 2.31. The topological polar surface area (TPSA) is 105 Å². The van der Waals surface area contributed by atoms with Crippen molar-refractivity contribution < 1.29 is 13.5 Å². The highest BCUT2D eigenvalue weighted by Crippen LogP contribution is 2.24. The predicted molar refractivity (Wildman–Crippen MR) is 71.8 cm³/mol. The van der Waals surface area contributed by atoms with Crippen LogP contribution in [-0.2, 0) is 10.0 Å². The molecule has 0 radical (unpaired) electrons. The first-order chi connectivity index (χ1) is 8.97. The maximum absolute atomic E-state index is 12.0. The molecule has 2 rings (SSSR count). The van der Waals surface area contributed by atoms with Crippen molar-refractivity contribution in [1.29, 1.82) is 0 Å². The molecule has 0 amide bonds. The minimum absolute atomic E-state index is 0.109. The lowest BCUT2D eigenvalue weighted by Crippen LogP contribution is -2.33. The second kappa shape index (κ2) is 5.85. The molecule has 19 heavy (non-hydrogen) atoms. The van der Waals surface area contributed by atoms with Gasteiger partial charge < -0.3 is 10.8 Å². The van der Waals surface area contributed by atoms with Gasteiger partial charge in [0.05, 0.1) is 6.10 Å². The quantitative estimate of drug-likeness (QED) is 0.747. The number of rotatable bonds is 4. The molecule has 0 spiro atoms. The summed E-state index contributed by atoms with van der Waals surface area (Å²) < 4.78 is 26.6. The van der Waals surface area contributed by atoms with E-state index < -0.39 is 10.0 Å². The molecule has 1 aliphatic carbocycles. The van der Waals surface area contributed by atoms with Crippen LogP contribution in [0, 0.1) is 5.92 Å². The minimum atomic E-state index is -3.54. The molecule has 7 heteroatoms. The van der Waals surface area contributed by atoms with Gasteiger partial charge >= 0.3 is 0 Å². The van der Waals surface area contributed by atoms with Gasteiger partial charge in [0.2, 0.25) is 10.0 Å². The largest absolute Gasteiger partial charge is 0.393 e. The van der Waals surface area contributed by atoms with E-state index in [0.717, 1.165) is 19.3 Å².